The summed E-state index contributed by atoms with van der Waals surface area (Å²) < 4.78 is 16.9. The van der Waals surface area contributed by atoms with Crippen LogP contribution in [0.15, 0.2) is 53.5 Å². The van der Waals surface area contributed by atoms with E-state index >= 15 is 0 Å². The molecule has 1 fully saturated rings. The molecule has 176 valence electrons. The second kappa shape index (κ2) is 14.1. The average Bonchev–Trinajstić information content (AvgIpc) is 2.82. The number of benzene rings is 2. The van der Waals surface area contributed by atoms with Crippen molar-refractivity contribution >= 4 is 35.6 Å². The zero-order valence-electron chi connectivity index (χ0n) is 19.2. The molecule has 1 atom stereocenters. The van der Waals surface area contributed by atoms with Crippen molar-refractivity contribution in [1.82, 2.24) is 10.6 Å². The summed E-state index contributed by atoms with van der Waals surface area (Å²) in [5, 5.41) is 6.71. The van der Waals surface area contributed by atoms with Gasteiger partial charge in [0.15, 0.2) is 17.5 Å². The van der Waals surface area contributed by atoms with Gasteiger partial charge >= 0.3 is 0 Å². The van der Waals surface area contributed by atoms with Gasteiger partial charge in [0.25, 0.3) is 0 Å². The fourth-order valence-electron chi connectivity index (χ4n) is 3.48. The molecule has 1 heterocycles. The molecule has 1 saturated heterocycles. The smallest absolute Gasteiger partial charge is 0.191 e. The first-order chi connectivity index (χ1) is 15.2. The molecule has 1 aliphatic rings. The average molecular weight is 554 g/mol. The summed E-state index contributed by atoms with van der Waals surface area (Å²) >= 11 is 0. The summed E-state index contributed by atoms with van der Waals surface area (Å²) in [4.78, 5) is 7.18. The number of nitrogens with zero attached hydrogens (tertiary/aromatic N) is 2. The molecular weight excluding hydrogens is 519 g/mol. The molecule has 7 nitrogen and oxygen atoms in total. The van der Waals surface area contributed by atoms with Crippen molar-refractivity contribution in [1.29, 1.82) is 0 Å². The molecule has 2 N–H and O–H groups in total. The zero-order chi connectivity index (χ0) is 21.9. The number of ether oxygens (including phenoxy) is 3. The summed E-state index contributed by atoms with van der Waals surface area (Å²) in [6.45, 7) is 9.47. The molecule has 2 aromatic carbocycles. The SMILES string of the molecule is CCNC(=NCc1ccccc1N1CCOCC1)NCC(C)Oc1ccccc1OC.I. The Morgan fingerprint density at radius 2 is 1.75 bits per heavy atom. The molecule has 1 aliphatic heterocycles. The molecular formula is C24H35IN4O3. The van der Waals surface area contributed by atoms with Crippen LogP contribution in [0.3, 0.4) is 0 Å². The van der Waals surface area contributed by atoms with E-state index in [-0.39, 0.29) is 30.1 Å². The standard InChI is InChI=1S/C24H34N4O3.HI/c1-4-25-24(26-17-19(2)31-23-12-8-7-11-22(23)29-3)27-18-20-9-5-6-10-21(20)28-13-15-30-16-14-28;/h5-12,19H,4,13-18H2,1-3H3,(H2,25,26,27);1H. The number of halogens is 1. The van der Waals surface area contributed by atoms with E-state index in [0.29, 0.717) is 13.1 Å². The Morgan fingerprint density at radius 3 is 2.47 bits per heavy atom. The first-order valence-corrected chi connectivity index (χ1v) is 10.9. The van der Waals surface area contributed by atoms with Crippen LogP contribution < -0.4 is 25.0 Å². The number of hydrogen-bond acceptors (Lipinski definition) is 5. The van der Waals surface area contributed by atoms with E-state index in [9.17, 15) is 0 Å². The highest BCUT2D eigenvalue weighted by atomic mass is 127. The van der Waals surface area contributed by atoms with Crippen molar-refractivity contribution in [2.24, 2.45) is 4.99 Å². The Labute approximate surface area is 208 Å². The van der Waals surface area contributed by atoms with E-state index in [1.807, 2.05) is 31.2 Å². The highest BCUT2D eigenvalue weighted by Gasteiger charge is 2.14. The van der Waals surface area contributed by atoms with Crippen LogP contribution in [0.5, 0.6) is 11.5 Å². The maximum atomic E-state index is 6.04. The molecule has 32 heavy (non-hydrogen) atoms. The number of morpholine rings is 1. The highest BCUT2D eigenvalue weighted by Crippen LogP contribution is 2.26. The van der Waals surface area contributed by atoms with Crippen LogP contribution in [-0.4, -0.2) is 58.6 Å². The maximum Gasteiger partial charge on any atom is 0.191 e. The third-order valence-corrected chi connectivity index (χ3v) is 5.05. The number of anilines is 1. The Morgan fingerprint density at radius 1 is 1.06 bits per heavy atom. The number of hydrogen-bond donors (Lipinski definition) is 2. The zero-order valence-corrected chi connectivity index (χ0v) is 21.5. The molecule has 0 saturated carbocycles. The normalized spacial score (nSPS) is 14.8. The second-order valence-corrected chi connectivity index (χ2v) is 7.38. The van der Waals surface area contributed by atoms with Gasteiger partial charge in [0.1, 0.15) is 6.10 Å². The van der Waals surface area contributed by atoms with Crippen LogP contribution in [-0.2, 0) is 11.3 Å². The number of guanidine groups is 1. The number of methoxy groups -OCH3 is 1. The maximum absolute atomic E-state index is 6.04. The Bertz CT molecular complexity index is 843. The molecule has 0 amide bonds. The number of nitrogens with one attached hydrogen (secondary N) is 2. The molecule has 1 unspecified atom stereocenters. The third-order valence-electron chi connectivity index (χ3n) is 5.05. The lowest BCUT2D eigenvalue weighted by atomic mass is 10.1. The highest BCUT2D eigenvalue weighted by molar-refractivity contribution is 14.0. The summed E-state index contributed by atoms with van der Waals surface area (Å²) in [6, 6.07) is 16.1. The van der Waals surface area contributed by atoms with Gasteiger partial charge in [-0.1, -0.05) is 30.3 Å². The Balaban J connectivity index is 0.00000363. The van der Waals surface area contributed by atoms with Crippen molar-refractivity contribution in [3.8, 4) is 11.5 Å². The summed E-state index contributed by atoms with van der Waals surface area (Å²) in [6.07, 6.45) is -0.0548. The molecule has 0 radical (unpaired) electrons. The number of para-hydroxylation sites is 3. The Hall–Kier alpha value is -2.20. The third kappa shape index (κ3) is 7.74. The fraction of sp³-hybridized carbons (Fsp3) is 0.458. The van der Waals surface area contributed by atoms with E-state index < -0.39 is 0 Å². The van der Waals surface area contributed by atoms with Gasteiger partial charge in [-0.05, 0) is 37.6 Å². The van der Waals surface area contributed by atoms with Crippen LogP contribution in [0.2, 0.25) is 0 Å². The lowest BCUT2D eigenvalue weighted by molar-refractivity contribution is 0.122. The van der Waals surface area contributed by atoms with Crippen molar-refractivity contribution in [2.45, 2.75) is 26.5 Å². The fourth-order valence-corrected chi connectivity index (χ4v) is 3.48. The summed E-state index contributed by atoms with van der Waals surface area (Å²) in [7, 11) is 1.65. The first kappa shape index (κ1) is 26.1. The van der Waals surface area contributed by atoms with Gasteiger partial charge in [-0.15, -0.1) is 24.0 Å². The lowest BCUT2D eigenvalue weighted by Crippen LogP contribution is -2.41. The van der Waals surface area contributed by atoms with Crippen LogP contribution >= 0.6 is 24.0 Å². The van der Waals surface area contributed by atoms with E-state index in [4.69, 9.17) is 19.2 Å². The van der Waals surface area contributed by atoms with Gasteiger partial charge in [-0.3, -0.25) is 0 Å². The van der Waals surface area contributed by atoms with Crippen molar-refractivity contribution < 1.29 is 14.2 Å². The molecule has 0 aromatic heterocycles. The predicted octanol–water partition coefficient (Wildman–Crippen LogP) is 3.67. The van der Waals surface area contributed by atoms with E-state index in [2.05, 4.69) is 46.7 Å². The largest absolute Gasteiger partial charge is 0.493 e. The van der Waals surface area contributed by atoms with Gasteiger partial charge in [-0.25, -0.2) is 4.99 Å². The number of aliphatic imine (C=N–C) groups is 1. The Kier molecular flexibility index (Phi) is 11.4. The minimum absolute atomic E-state index is 0. The van der Waals surface area contributed by atoms with E-state index in [0.717, 1.165) is 50.3 Å². The quantitative estimate of drug-likeness (QED) is 0.280. The molecule has 8 heteroatoms. The summed E-state index contributed by atoms with van der Waals surface area (Å²) in [5.41, 5.74) is 2.44. The van der Waals surface area contributed by atoms with Crippen LogP contribution in [0.4, 0.5) is 5.69 Å². The lowest BCUT2D eigenvalue weighted by Gasteiger charge is -2.30. The molecule has 0 spiro atoms. The molecule has 0 aliphatic carbocycles. The molecule has 0 bridgehead atoms. The number of rotatable bonds is 9. The van der Waals surface area contributed by atoms with E-state index in [1.165, 1.54) is 11.3 Å². The predicted molar refractivity (Wildman–Crippen MR) is 141 cm³/mol. The van der Waals surface area contributed by atoms with Crippen LogP contribution in [0, 0.1) is 0 Å². The van der Waals surface area contributed by atoms with Gasteiger partial charge in [0.05, 0.1) is 33.4 Å². The van der Waals surface area contributed by atoms with Gasteiger partial charge in [0.2, 0.25) is 0 Å². The van der Waals surface area contributed by atoms with Crippen molar-refractivity contribution in [3.05, 3.63) is 54.1 Å². The first-order valence-electron chi connectivity index (χ1n) is 10.9. The van der Waals surface area contributed by atoms with Crippen molar-refractivity contribution in [2.75, 3.05) is 51.4 Å². The van der Waals surface area contributed by atoms with Crippen LogP contribution in [0.1, 0.15) is 19.4 Å². The summed E-state index contributed by atoms with van der Waals surface area (Å²) in [5.74, 6) is 2.24. The van der Waals surface area contributed by atoms with Crippen molar-refractivity contribution in [3.63, 3.8) is 0 Å². The van der Waals surface area contributed by atoms with Gasteiger partial charge in [0, 0.05) is 25.3 Å². The van der Waals surface area contributed by atoms with Crippen LogP contribution in [0.25, 0.3) is 0 Å². The topological polar surface area (TPSA) is 67.4 Å². The monoisotopic (exact) mass is 554 g/mol. The van der Waals surface area contributed by atoms with Gasteiger partial charge in [-0.2, -0.15) is 0 Å². The molecule has 2 aromatic rings. The minimum Gasteiger partial charge on any atom is -0.493 e. The second-order valence-electron chi connectivity index (χ2n) is 7.38. The van der Waals surface area contributed by atoms with Gasteiger partial charge < -0.3 is 29.7 Å². The van der Waals surface area contributed by atoms with E-state index in [1.54, 1.807) is 7.11 Å². The minimum atomic E-state index is -0.0548. The molecule has 3 rings (SSSR count).